The average molecular weight is 191 g/mol. The molecule has 14 heavy (non-hydrogen) atoms. The van der Waals surface area contributed by atoms with Crippen LogP contribution in [0.4, 0.5) is 4.39 Å². The molecule has 0 saturated carbocycles. The van der Waals surface area contributed by atoms with Gasteiger partial charge in [-0.15, -0.1) is 0 Å². The Labute approximate surface area is 80.6 Å². The van der Waals surface area contributed by atoms with Crippen LogP contribution in [0.25, 0.3) is 10.8 Å². The summed E-state index contributed by atoms with van der Waals surface area (Å²) in [5.74, 6) is -0.333. The summed E-state index contributed by atoms with van der Waals surface area (Å²) in [7, 11) is 1.65. The van der Waals surface area contributed by atoms with Gasteiger partial charge in [0.15, 0.2) is 0 Å². The van der Waals surface area contributed by atoms with E-state index >= 15 is 0 Å². The Kier molecular flexibility index (Phi) is 1.88. The van der Waals surface area contributed by atoms with Crippen molar-refractivity contribution in [1.29, 1.82) is 0 Å². The second kappa shape index (κ2) is 2.94. The maximum atomic E-state index is 13.2. The lowest BCUT2D eigenvalue weighted by atomic mass is 10.1. The summed E-state index contributed by atoms with van der Waals surface area (Å²) in [4.78, 5) is 11.6. The fraction of sp³-hybridized carbons (Fsp3) is 0.182. The van der Waals surface area contributed by atoms with Gasteiger partial charge in [0, 0.05) is 13.2 Å². The van der Waals surface area contributed by atoms with E-state index in [-0.39, 0.29) is 11.4 Å². The molecule has 2 aromatic rings. The van der Waals surface area contributed by atoms with Crippen molar-refractivity contribution in [2.24, 2.45) is 7.05 Å². The highest BCUT2D eigenvalue weighted by Crippen LogP contribution is 2.15. The standard InChI is InChI=1S/C11H10FNO/c1-7-5-8-3-4-13(2)11(14)9(8)6-10(7)12/h3-6H,1-2H3. The molecule has 1 aromatic heterocycles. The number of aromatic nitrogens is 1. The third-order valence-corrected chi connectivity index (χ3v) is 2.36. The minimum Gasteiger partial charge on any atom is -0.318 e. The lowest BCUT2D eigenvalue weighted by molar-refractivity contribution is 0.620. The number of halogens is 1. The molecule has 72 valence electrons. The highest BCUT2D eigenvalue weighted by atomic mass is 19.1. The van der Waals surface area contributed by atoms with E-state index in [2.05, 4.69) is 0 Å². The number of nitrogens with zero attached hydrogens (tertiary/aromatic N) is 1. The maximum absolute atomic E-state index is 13.2. The Bertz CT molecular complexity index is 557. The van der Waals surface area contributed by atoms with Gasteiger partial charge in [-0.2, -0.15) is 0 Å². The minimum atomic E-state index is -0.333. The molecular weight excluding hydrogens is 181 g/mol. The largest absolute Gasteiger partial charge is 0.318 e. The first-order valence-corrected chi connectivity index (χ1v) is 4.35. The van der Waals surface area contributed by atoms with Crippen LogP contribution in [0.15, 0.2) is 29.2 Å². The molecule has 0 saturated heterocycles. The van der Waals surface area contributed by atoms with E-state index in [1.54, 1.807) is 26.2 Å². The van der Waals surface area contributed by atoms with E-state index in [4.69, 9.17) is 0 Å². The van der Waals surface area contributed by atoms with E-state index < -0.39 is 0 Å². The van der Waals surface area contributed by atoms with Crippen molar-refractivity contribution >= 4 is 10.8 Å². The zero-order chi connectivity index (χ0) is 10.3. The fourth-order valence-electron chi connectivity index (χ4n) is 1.48. The summed E-state index contributed by atoms with van der Waals surface area (Å²) >= 11 is 0. The fourth-order valence-corrected chi connectivity index (χ4v) is 1.48. The molecule has 2 rings (SSSR count). The van der Waals surface area contributed by atoms with Gasteiger partial charge in [0.1, 0.15) is 5.82 Å². The molecule has 1 heterocycles. The summed E-state index contributed by atoms with van der Waals surface area (Å²) in [5, 5.41) is 1.21. The molecule has 0 aliphatic rings. The van der Waals surface area contributed by atoms with Gasteiger partial charge in [0.05, 0.1) is 5.39 Å². The Morgan fingerprint density at radius 1 is 1.36 bits per heavy atom. The summed E-state index contributed by atoms with van der Waals surface area (Å²) in [5.41, 5.74) is 0.396. The molecule has 0 aliphatic carbocycles. The summed E-state index contributed by atoms with van der Waals surface area (Å²) in [6.45, 7) is 1.69. The molecule has 0 spiro atoms. The van der Waals surface area contributed by atoms with Gasteiger partial charge in [0.2, 0.25) is 0 Å². The zero-order valence-corrected chi connectivity index (χ0v) is 8.04. The predicted molar refractivity (Wildman–Crippen MR) is 53.9 cm³/mol. The Morgan fingerprint density at radius 2 is 2.07 bits per heavy atom. The van der Waals surface area contributed by atoms with Crippen LogP contribution < -0.4 is 5.56 Å². The molecule has 3 heteroatoms. The molecule has 0 unspecified atom stereocenters. The van der Waals surface area contributed by atoms with Crippen molar-refractivity contribution in [3.05, 3.63) is 46.1 Å². The SMILES string of the molecule is Cc1cc2ccn(C)c(=O)c2cc1F. The zero-order valence-electron chi connectivity index (χ0n) is 8.04. The van der Waals surface area contributed by atoms with Crippen LogP contribution in [0, 0.1) is 12.7 Å². The Hall–Kier alpha value is -1.64. The number of rotatable bonds is 0. The molecule has 0 amide bonds. The number of fused-ring (bicyclic) bond motifs is 1. The molecule has 0 fully saturated rings. The van der Waals surface area contributed by atoms with Crippen LogP contribution >= 0.6 is 0 Å². The van der Waals surface area contributed by atoms with Gasteiger partial charge in [-0.3, -0.25) is 4.79 Å². The van der Waals surface area contributed by atoms with Crippen LogP contribution in [0.2, 0.25) is 0 Å². The molecule has 0 aliphatic heterocycles. The number of hydrogen-bond donors (Lipinski definition) is 0. The maximum Gasteiger partial charge on any atom is 0.258 e. The van der Waals surface area contributed by atoms with Crippen molar-refractivity contribution in [3.8, 4) is 0 Å². The highest BCUT2D eigenvalue weighted by Gasteiger charge is 2.04. The van der Waals surface area contributed by atoms with E-state index in [1.165, 1.54) is 10.6 Å². The lowest BCUT2D eigenvalue weighted by Crippen LogP contribution is -2.15. The van der Waals surface area contributed by atoms with Crippen molar-refractivity contribution < 1.29 is 4.39 Å². The van der Waals surface area contributed by atoms with Crippen LogP contribution in [0.1, 0.15) is 5.56 Å². The number of pyridine rings is 1. The predicted octanol–water partition coefficient (Wildman–Crippen LogP) is 1.99. The van der Waals surface area contributed by atoms with Crippen LogP contribution in [-0.2, 0) is 7.05 Å². The van der Waals surface area contributed by atoms with Crippen molar-refractivity contribution in [2.45, 2.75) is 6.92 Å². The van der Waals surface area contributed by atoms with E-state index in [9.17, 15) is 9.18 Å². The van der Waals surface area contributed by atoms with E-state index in [0.29, 0.717) is 10.9 Å². The number of aryl methyl sites for hydroxylation is 2. The second-order valence-electron chi connectivity index (χ2n) is 3.42. The number of benzene rings is 1. The molecule has 0 radical (unpaired) electrons. The van der Waals surface area contributed by atoms with E-state index in [1.807, 2.05) is 6.07 Å². The van der Waals surface area contributed by atoms with Crippen molar-refractivity contribution in [2.75, 3.05) is 0 Å². The van der Waals surface area contributed by atoms with Gasteiger partial charge in [0.25, 0.3) is 5.56 Å². The van der Waals surface area contributed by atoms with Crippen molar-refractivity contribution in [3.63, 3.8) is 0 Å². The van der Waals surface area contributed by atoms with Crippen molar-refractivity contribution in [1.82, 2.24) is 4.57 Å². The third-order valence-electron chi connectivity index (χ3n) is 2.36. The van der Waals surface area contributed by atoms with Gasteiger partial charge in [-0.05, 0) is 36.1 Å². The topological polar surface area (TPSA) is 22.0 Å². The first-order chi connectivity index (χ1) is 6.59. The summed E-state index contributed by atoms with van der Waals surface area (Å²) in [6, 6.07) is 4.79. The molecule has 0 N–H and O–H groups in total. The minimum absolute atomic E-state index is 0.165. The molecule has 2 nitrogen and oxygen atoms in total. The van der Waals surface area contributed by atoms with Crippen LogP contribution in [0.5, 0.6) is 0 Å². The lowest BCUT2D eigenvalue weighted by Gasteiger charge is -2.02. The third kappa shape index (κ3) is 1.21. The Morgan fingerprint density at radius 3 is 2.79 bits per heavy atom. The molecule has 0 bridgehead atoms. The van der Waals surface area contributed by atoms with Gasteiger partial charge < -0.3 is 4.57 Å². The van der Waals surface area contributed by atoms with E-state index in [0.717, 1.165) is 5.39 Å². The summed E-state index contributed by atoms with van der Waals surface area (Å²) in [6.07, 6.45) is 1.68. The number of hydrogen-bond acceptors (Lipinski definition) is 1. The normalized spacial score (nSPS) is 10.8. The first kappa shape index (κ1) is 8.94. The monoisotopic (exact) mass is 191 g/mol. The smallest absolute Gasteiger partial charge is 0.258 e. The van der Waals surface area contributed by atoms with Crippen LogP contribution in [0.3, 0.4) is 0 Å². The van der Waals surface area contributed by atoms with Gasteiger partial charge in [-0.25, -0.2) is 4.39 Å². The highest BCUT2D eigenvalue weighted by molar-refractivity contribution is 5.82. The summed E-state index contributed by atoms with van der Waals surface area (Å²) < 4.78 is 14.7. The molecule has 1 aromatic carbocycles. The Balaban J connectivity index is 2.97. The van der Waals surface area contributed by atoms with Crippen LogP contribution in [-0.4, -0.2) is 4.57 Å². The van der Waals surface area contributed by atoms with Gasteiger partial charge >= 0.3 is 0 Å². The second-order valence-corrected chi connectivity index (χ2v) is 3.42. The van der Waals surface area contributed by atoms with Gasteiger partial charge in [-0.1, -0.05) is 0 Å². The molecule has 0 atom stereocenters. The quantitative estimate of drug-likeness (QED) is 0.624. The average Bonchev–Trinajstić information content (AvgIpc) is 2.15. The molecular formula is C11H10FNO. The first-order valence-electron chi connectivity index (χ1n) is 4.35.